The minimum atomic E-state index is 0.335. The van der Waals surface area contributed by atoms with Crippen molar-refractivity contribution in [2.75, 3.05) is 32.1 Å². The molecule has 0 aromatic carbocycles. The number of aliphatic hydroxyl groups is 1. The van der Waals surface area contributed by atoms with Crippen LogP contribution in [0.25, 0.3) is 0 Å². The summed E-state index contributed by atoms with van der Waals surface area (Å²) < 4.78 is 0. The van der Waals surface area contributed by atoms with Crippen molar-refractivity contribution in [2.45, 2.75) is 26.2 Å². The molecule has 0 heterocycles. The molecular weight excluding hydrogens is 230 g/mol. The van der Waals surface area contributed by atoms with Gasteiger partial charge in [-0.05, 0) is 38.8 Å². The van der Waals surface area contributed by atoms with Crippen LogP contribution in [0.4, 0.5) is 0 Å². The van der Waals surface area contributed by atoms with Gasteiger partial charge in [0.2, 0.25) is 0 Å². The van der Waals surface area contributed by atoms with E-state index in [2.05, 4.69) is 34.8 Å². The molecule has 0 saturated carbocycles. The van der Waals surface area contributed by atoms with Crippen LogP contribution in [-0.2, 0) is 0 Å². The summed E-state index contributed by atoms with van der Waals surface area (Å²) in [6, 6.07) is 0. The third-order valence-electron chi connectivity index (χ3n) is 2.08. The predicted molar refractivity (Wildman–Crippen MR) is 61.4 cm³/mol. The zero-order chi connectivity index (χ0) is 10.1. The normalized spacial score (nSPS) is 13.6. The Balaban J connectivity index is 3.24. The summed E-state index contributed by atoms with van der Waals surface area (Å²) in [4.78, 5) is 2.36. The van der Waals surface area contributed by atoms with Crippen molar-refractivity contribution in [1.82, 2.24) is 4.90 Å². The Morgan fingerprint density at radius 1 is 1.31 bits per heavy atom. The number of halogens is 1. The quantitative estimate of drug-likeness (QED) is 0.528. The Kier molecular flexibility index (Phi) is 9.25. The number of aliphatic hydroxyl groups excluding tert-OH is 1. The Morgan fingerprint density at radius 2 is 2.00 bits per heavy atom. The van der Waals surface area contributed by atoms with Gasteiger partial charge in [0.05, 0.1) is 0 Å². The lowest BCUT2D eigenvalue weighted by Crippen LogP contribution is -2.26. The summed E-state index contributed by atoms with van der Waals surface area (Å²) in [6.45, 7) is 4.89. The summed E-state index contributed by atoms with van der Waals surface area (Å²) in [6.07, 6.45) is 3.29. The van der Waals surface area contributed by atoms with Gasteiger partial charge >= 0.3 is 0 Å². The van der Waals surface area contributed by atoms with Crippen LogP contribution in [-0.4, -0.2) is 42.1 Å². The molecule has 3 heteroatoms. The number of unbranched alkanes of at least 4 members (excludes halogenated alkanes) is 2. The highest BCUT2D eigenvalue weighted by Crippen LogP contribution is 2.03. The Hall–Kier alpha value is 0.400. The predicted octanol–water partition coefficient (Wildman–Crippen LogP) is 2.11. The van der Waals surface area contributed by atoms with E-state index in [0.29, 0.717) is 6.61 Å². The molecule has 0 aromatic heterocycles. The number of nitrogens with zero attached hydrogens (tertiary/aromatic N) is 1. The molecule has 0 aromatic rings. The average molecular weight is 252 g/mol. The summed E-state index contributed by atoms with van der Waals surface area (Å²) in [5.41, 5.74) is 0. The molecule has 80 valence electrons. The lowest BCUT2D eigenvalue weighted by molar-refractivity contribution is 0.265. The van der Waals surface area contributed by atoms with Gasteiger partial charge in [-0.1, -0.05) is 22.9 Å². The summed E-state index contributed by atoms with van der Waals surface area (Å²) >= 11 is 3.48. The van der Waals surface area contributed by atoms with E-state index < -0.39 is 0 Å². The zero-order valence-electron chi connectivity index (χ0n) is 8.80. The van der Waals surface area contributed by atoms with Gasteiger partial charge in [-0.3, -0.25) is 0 Å². The van der Waals surface area contributed by atoms with Crippen LogP contribution in [0.3, 0.4) is 0 Å². The average Bonchev–Trinajstić information content (AvgIpc) is 2.12. The van der Waals surface area contributed by atoms with Crippen LogP contribution in [0.2, 0.25) is 0 Å². The van der Waals surface area contributed by atoms with Crippen LogP contribution in [0.15, 0.2) is 0 Å². The third kappa shape index (κ3) is 8.72. The SMILES string of the molecule is CC(CBr)CN(C)CCCCCO. The molecule has 13 heavy (non-hydrogen) atoms. The Bertz CT molecular complexity index is 111. The van der Waals surface area contributed by atoms with Gasteiger partial charge in [0.15, 0.2) is 0 Å². The molecule has 0 rings (SSSR count). The van der Waals surface area contributed by atoms with E-state index in [1.165, 1.54) is 6.42 Å². The minimum Gasteiger partial charge on any atom is -0.396 e. The molecule has 0 aliphatic heterocycles. The fourth-order valence-electron chi connectivity index (χ4n) is 1.34. The summed E-state index contributed by atoms with van der Waals surface area (Å²) in [7, 11) is 2.16. The van der Waals surface area contributed by atoms with E-state index in [9.17, 15) is 0 Å². The molecule has 0 aliphatic rings. The number of rotatable bonds is 8. The van der Waals surface area contributed by atoms with Crippen molar-refractivity contribution in [2.24, 2.45) is 5.92 Å². The first-order valence-electron chi connectivity index (χ1n) is 5.06. The van der Waals surface area contributed by atoms with Crippen LogP contribution in [0.1, 0.15) is 26.2 Å². The van der Waals surface area contributed by atoms with Crippen LogP contribution in [0, 0.1) is 5.92 Å². The van der Waals surface area contributed by atoms with Gasteiger partial charge in [0.25, 0.3) is 0 Å². The monoisotopic (exact) mass is 251 g/mol. The lowest BCUT2D eigenvalue weighted by Gasteiger charge is -2.19. The Morgan fingerprint density at radius 3 is 2.54 bits per heavy atom. The van der Waals surface area contributed by atoms with Crippen molar-refractivity contribution in [1.29, 1.82) is 0 Å². The van der Waals surface area contributed by atoms with Gasteiger partial charge in [0.1, 0.15) is 0 Å². The first kappa shape index (κ1) is 13.4. The molecule has 1 N–H and O–H groups in total. The zero-order valence-corrected chi connectivity index (χ0v) is 10.4. The molecule has 1 unspecified atom stereocenters. The summed E-state index contributed by atoms with van der Waals surface area (Å²) in [5, 5.41) is 9.67. The molecule has 0 amide bonds. The maximum atomic E-state index is 8.60. The molecule has 0 spiro atoms. The van der Waals surface area contributed by atoms with E-state index in [4.69, 9.17) is 5.11 Å². The first-order valence-corrected chi connectivity index (χ1v) is 6.18. The summed E-state index contributed by atoms with van der Waals surface area (Å²) in [5.74, 6) is 0.725. The van der Waals surface area contributed by atoms with Gasteiger partial charge in [-0.25, -0.2) is 0 Å². The molecule has 0 fully saturated rings. The fraction of sp³-hybridized carbons (Fsp3) is 1.00. The van der Waals surface area contributed by atoms with Crippen LogP contribution >= 0.6 is 15.9 Å². The maximum Gasteiger partial charge on any atom is 0.0431 e. The third-order valence-corrected chi connectivity index (χ3v) is 3.19. The molecule has 1 atom stereocenters. The van der Waals surface area contributed by atoms with Gasteiger partial charge < -0.3 is 10.0 Å². The highest BCUT2D eigenvalue weighted by Gasteiger charge is 2.03. The van der Waals surface area contributed by atoms with Crippen molar-refractivity contribution in [3.8, 4) is 0 Å². The van der Waals surface area contributed by atoms with Gasteiger partial charge in [0, 0.05) is 18.5 Å². The van der Waals surface area contributed by atoms with Gasteiger partial charge in [-0.15, -0.1) is 0 Å². The van der Waals surface area contributed by atoms with Crippen molar-refractivity contribution < 1.29 is 5.11 Å². The Labute approximate surface area is 90.4 Å². The molecule has 0 saturated heterocycles. The van der Waals surface area contributed by atoms with Crippen LogP contribution < -0.4 is 0 Å². The van der Waals surface area contributed by atoms with Crippen molar-refractivity contribution in [3.05, 3.63) is 0 Å². The number of alkyl halides is 1. The highest BCUT2D eigenvalue weighted by atomic mass is 79.9. The first-order chi connectivity index (χ1) is 6.20. The molecule has 0 radical (unpaired) electrons. The van der Waals surface area contributed by atoms with E-state index in [1.54, 1.807) is 0 Å². The minimum absolute atomic E-state index is 0.335. The number of hydrogen-bond donors (Lipinski definition) is 1. The smallest absolute Gasteiger partial charge is 0.0431 e. The van der Waals surface area contributed by atoms with E-state index in [0.717, 1.165) is 37.2 Å². The molecular formula is C10H22BrNO. The van der Waals surface area contributed by atoms with Crippen molar-refractivity contribution in [3.63, 3.8) is 0 Å². The lowest BCUT2D eigenvalue weighted by atomic mass is 10.2. The molecule has 0 bridgehead atoms. The van der Waals surface area contributed by atoms with E-state index >= 15 is 0 Å². The second-order valence-corrected chi connectivity index (χ2v) is 4.45. The molecule has 2 nitrogen and oxygen atoms in total. The van der Waals surface area contributed by atoms with Crippen molar-refractivity contribution >= 4 is 15.9 Å². The van der Waals surface area contributed by atoms with Gasteiger partial charge in [-0.2, -0.15) is 0 Å². The second kappa shape index (κ2) is 8.97. The van der Waals surface area contributed by atoms with E-state index in [1.807, 2.05) is 0 Å². The second-order valence-electron chi connectivity index (χ2n) is 3.81. The van der Waals surface area contributed by atoms with Crippen LogP contribution in [0.5, 0.6) is 0 Å². The maximum absolute atomic E-state index is 8.60. The highest BCUT2D eigenvalue weighted by molar-refractivity contribution is 9.09. The largest absolute Gasteiger partial charge is 0.396 e. The molecule has 0 aliphatic carbocycles. The fourth-order valence-corrected chi connectivity index (χ4v) is 1.55. The standard InChI is InChI=1S/C10H22BrNO/c1-10(8-11)9-12(2)6-4-3-5-7-13/h10,13H,3-9H2,1-2H3. The topological polar surface area (TPSA) is 23.5 Å². The van der Waals surface area contributed by atoms with E-state index in [-0.39, 0.29) is 0 Å². The number of hydrogen-bond acceptors (Lipinski definition) is 2.